The molecule has 0 N–H and O–H groups in total. The number of piperazine rings is 1. The van der Waals surface area contributed by atoms with Crippen LogP contribution >= 0.6 is 0 Å². The molecule has 0 aliphatic carbocycles. The number of Topliss-reactive ketones (excluding diaryl/α,β-unsaturated/α-hetero) is 1. The first kappa shape index (κ1) is 16.9. The maximum atomic E-state index is 14.2. The maximum absolute atomic E-state index is 14.2. The average molecular weight is 316 g/mol. The summed E-state index contributed by atoms with van der Waals surface area (Å²) in [4.78, 5) is 26.9. The van der Waals surface area contributed by atoms with Gasteiger partial charge < -0.3 is 9.80 Å². The number of nitrogens with zero attached hydrogens (tertiary/aromatic N) is 2. The minimum Gasteiger partial charge on any atom is -0.366 e. The van der Waals surface area contributed by atoms with Crippen molar-refractivity contribution >= 4 is 17.4 Å². The molecule has 1 fully saturated rings. The zero-order valence-electron chi connectivity index (χ0n) is 13.5. The van der Waals surface area contributed by atoms with Crippen molar-refractivity contribution in [1.29, 1.82) is 0 Å². The Morgan fingerprint density at radius 3 is 2.39 bits per heavy atom. The summed E-state index contributed by atoms with van der Waals surface area (Å²) in [5.74, 6) is -0.584. The molecule has 1 saturated heterocycles. The Hall–Kier alpha value is -2.43. The fraction of sp³-hybridized carbons (Fsp3) is 0.333. The van der Waals surface area contributed by atoms with Gasteiger partial charge in [0.25, 0.3) is 0 Å². The van der Waals surface area contributed by atoms with Crippen LogP contribution < -0.4 is 4.90 Å². The number of anilines is 1. The second-order valence-corrected chi connectivity index (χ2v) is 5.42. The molecule has 0 radical (unpaired) electrons. The van der Waals surface area contributed by atoms with Gasteiger partial charge in [0.1, 0.15) is 5.82 Å². The predicted molar refractivity (Wildman–Crippen MR) is 89.2 cm³/mol. The Bertz CT molecular complexity index is 644. The highest BCUT2D eigenvalue weighted by atomic mass is 19.1. The van der Waals surface area contributed by atoms with Gasteiger partial charge in [-0.3, -0.25) is 9.59 Å². The molecule has 1 aliphatic heterocycles. The minimum atomic E-state index is -0.398. The Balaban J connectivity index is 1.99. The van der Waals surface area contributed by atoms with E-state index < -0.39 is 5.82 Å². The van der Waals surface area contributed by atoms with Crippen molar-refractivity contribution < 1.29 is 14.0 Å². The van der Waals surface area contributed by atoms with E-state index in [9.17, 15) is 14.0 Å². The van der Waals surface area contributed by atoms with Crippen molar-refractivity contribution in [3.05, 3.63) is 53.9 Å². The highest BCUT2D eigenvalue weighted by Gasteiger charge is 2.21. The normalized spacial score (nSPS) is 15.6. The molecule has 122 valence electrons. The molecule has 0 saturated carbocycles. The van der Waals surface area contributed by atoms with E-state index in [2.05, 4.69) is 0 Å². The van der Waals surface area contributed by atoms with Crippen molar-refractivity contribution in [1.82, 2.24) is 4.90 Å². The van der Waals surface area contributed by atoms with Crippen LogP contribution in [0.3, 0.4) is 0 Å². The zero-order chi connectivity index (χ0) is 16.8. The van der Waals surface area contributed by atoms with Crippen LogP contribution in [0, 0.1) is 5.82 Å². The first-order valence-electron chi connectivity index (χ1n) is 7.66. The van der Waals surface area contributed by atoms with Crippen LogP contribution in [0.25, 0.3) is 0 Å². The van der Waals surface area contributed by atoms with Gasteiger partial charge in [-0.2, -0.15) is 0 Å². The summed E-state index contributed by atoms with van der Waals surface area (Å²) >= 11 is 0. The fourth-order valence-electron chi connectivity index (χ4n) is 2.50. The first-order valence-corrected chi connectivity index (χ1v) is 7.66. The van der Waals surface area contributed by atoms with Gasteiger partial charge in [-0.25, -0.2) is 4.39 Å². The van der Waals surface area contributed by atoms with Gasteiger partial charge in [0.2, 0.25) is 5.91 Å². The summed E-state index contributed by atoms with van der Waals surface area (Å²) in [5, 5.41) is 0. The van der Waals surface area contributed by atoms with E-state index in [4.69, 9.17) is 0 Å². The molecule has 0 bridgehead atoms. The van der Waals surface area contributed by atoms with E-state index >= 15 is 0 Å². The SMILES string of the molecule is C/C=C/C=C/C(=O)N1CCN(c2ccc(C(C)=O)cc2F)CC1. The number of carbonyl (C=O) groups is 2. The Morgan fingerprint density at radius 1 is 1.13 bits per heavy atom. The lowest BCUT2D eigenvalue weighted by atomic mass is 10.1. The predicted octanol–water partition coefficient (Wildman–Crippen LogP) is 2.81. The molecular weight excluding hydrogens is 295 g/mol. The summed E-state index contributed by atoms with van der Waals surface area (Å²) in [6.45, 7) is 5.54. The van der Waals surface area contributed by atoms with E-state index in [0.717, 1.165) is 0 Å². The van der Waals surface area contributed by atoms with Gasteiger partial charge in [-0.1, -0.05) is 18.2 Å². The second-order valence-electron chi connectivity index (χ2n) is 5.42. The van der Waals surface area contributed by atoms with Crippen molar-refractivity contribution in [2.75, 3.05) is 31.1 Å². The first-order chi connectivity index (χ1) is 11.0. The molecule has 1 heterocycles. The van der Waals surface area contributed by atoms with E-state index in [1.807, 2.05) is 17.9 Å². The number of halogens is 1. The Morgan fingerprint density at radius 2 is 1.83 bits per heavy atom. The highest BCUT2D eigenvalue weighted by molar-refractivity contribution is 5.94. The summed E-state index contributed by atoms with van der Waals surface area (Å²) in [7, 11) is 0. The van der Waals surface area contributed by atoms with Gasteiger partial charge >= 0.3 is 0 Å². The molecule has 23 heavy (non-hydrogen) atoms. The topological polar surface area (TPSA) is 40.6 Å². The van der Waals surface area contributed by atoms with Crippen molar-refractivity contribution in [2.24, 2.45) is 0 Å². The van der Waals surface area contributed by atoms with Crippen LogP contribution in [-0.2, 0) is 4.79 Å². The Kier molecular flexibility index (Phi) is 5.68. The Labute approximate surface area is 135 Å². The number of hydrogen-bond donors (Lipinski definition) is 0. The molecule has 0 spiro atoms. The molecule has 0 atom stereocenters. The van der Waals surface area contributed by atoms with Crippen molar-refractivity contribution in [3.63, 3.8) is 0 Å². The lowest BCUT2D eigenvalue weighted by Gasteiger charge is -2.35. The summed E-state index contributed by atoms with van der Waals surface area (Å²) in [6, 6.07) is 4.54. The van der Waals surface area contributed by atoms with Gasteiger partial charge in [-0.15, -0.1) is 0 Å². The van der Waals surface area contributed by atoms with Crippen LogP contribution in [0.4, 0.5) is 10.1 Å². The maximum Gasteiger partial charge on any atom is 0.246 e. The van der Waals surface area contributed by atoms with Crippen molar-refractivity contribution in [2.45, 2.75) is 13.8 Å². The lowest BCUT2D eigenvalue weighted by molar-refractivity contribution is -0.126. The monoisotopic (exact) mass is 316 g/mol. The van der Waals surface area contributed by atoms with E-state index in [1.165, 1.54) is 19.1 Å². The third-order valence-electron chi connectivity index (χ3n) is 3.83. The minimum absolute atomic E-state index is 0.0323. The van der Waals surface area contributed by atoms with E-state index in [-0.39, 0.29) is 11.7 Å². The smallest absolute Gasteiger partial charge is 0.246 e. The molecule has 1 aromatic rings. The summed E-state index contributed by atoms with van der Waals surface area (Å²) < 4.78 is 14.2. The van der Waals surface area contributed by atoms with Gasteiger partial charge in [0.15, 0.2) is 5.78 Å². The largest absolute Gasteiger partial charge is 0.366 e. The van der Waals surface area contributed by atoms with Crippen LogP contribution in [0.5, 0.6) is 0 Å². The zero-order valence-corrected chi connectivity index (χ0v) is 13.5. The second kappa shape index (κ2) is 7.72. The van der Waals surface area contributed by atoms with Crippen LogP contribution in [-0.4, -0.2) is 42.8 Å². The number of carbonyl (C=O) groups excluding carboxylic acids is 2. The summed E-state index contributed by atoms with van der Waals surface area (Å²) in [5.41, 5.74) is 0.848. The number of ketones is 1. The fourth-order valence-corrected chi connectivity index (χ4v) is 2.50. The third kappa shape index (κ3) is 4.28. The lowest BCUT2D eigenvalue weighted by Crippen LogP contribution is -2.48. The van der Waals surface area contributed by atoms with Crippen LogP contribution in [0.2, 0.25) is 0 Å². The van der Waals surface area contributed by atoms with Gasteiger partial charge in [0, 0.05) is 37.8 Å². The molecule has 0 unspecified atom stereocenters. The van der Waals surface area contributed by atoms with Gasteiger partial charge in [0.05, 0.1) is 5.69 Å². The molecule has 0 aromatic heterocycles. The molecule has 1 amide bonds. The number of amides is 1. The standard InChI is InChI=1S/C18H21FN2O2/c1-3-4-5-6-18(23)21-11-9-20(10-12-21)17-8-7-15(14(2)22)13-16(17)19/h3-8,13H,9-12H2,1-2H3/b4-3+,6-5+. The molecule has 1 aliphatic rings. The van der Waals surface area contributed by atoms with Crippen LogP contribution in [0.15, 0.2) is 42.5 Å². The highest BCUT2D eigenvalue weighted by Crippen LogP contribution is 2.22. The molecule has 1 aromatic carbocycles. The molecule has 5 heteroatoms. The summed E-state index contributed by atoms with van der Waals surface area (Å²) in [6.07, 6.45) is 6.92. The molecule has 2 rings (SSSR count). The average Bonchev–Trinajstić information content (AvgIpc) is 2.55. The molecular formula is C18H21FN2O2. The van der Waals surface area contributed by atoms with E-state index in [0.29, 0.717) is 37.4 Å². The van der Waals surface area contributed by atoms with Crippen LogP contribution in [0.1, 0.15) is 24.2 Å². The third-order valence-corrected chi connectivity index (χ3v) is 3.83. The van der Waals surface area contributed by atoms with E-state index in [1.54, 1.807) is 29.2 Å². The number of allylic oxidation sites excluding steroid dienone is 3. The number of rotatable bonds is 4. The van der Waals surface area contributed by atoms with Crippen molar-refractivity contribution in [3.8, 4) is 0 Å². The van der Waals surface area contributed by atoms with Gasteiger partial charge in [-0.05, 0) is 32.0 Å². The quantitative estimate of drug-likeness (QED) is 0.487. The molecule has 4 nitrogen and oxygen atoms in total. The number of benzene rings is 1. The number of hydrogen-bond acceptors (Lipinski definition) is 3.